The fourth-order valence-corrected chi connectivity index (χ4v) is 4.43. The number of rotatable bonds is 6. The number of aliphatic hydroxyl groups excluding tert-OH is 1. The van der Waals surface area contributed by atoms with Gasteiger partial charge in [-0.1, -0.05) is 11.8 Å². The zero-order valence-electron chi connectivity index (χ0n) is 13.1. The van der Waals surface area contributed by atoms with Gasteiger partial charge in [-0.2, -0.15) is 0 Å². The molecule has 0 aromatic heterocycles. The molecule has 1 aromatic carbocycles. The number of ether oxygens (including phenoxy) is 2. The molecule has 0 aliphatic carbocycles. The number of fused-ring (bicyclic) bond motifs is 1. The Kier molecular flexibility index (Phi) is 5.02. The van der Waals surface area contributed by atoms with Crippen molar-refractivity contribution in [2.24, 2.45) is 5.92 Å². The van der Waals surface area contributed by atoms with Gasteiger partial charge in [-0.3, -0.25) is 13.9 Å². The largest absolute Gasteiger partial charge is 0.512 e. The summed E-state index contributed by atoms with van der Waals surface area (Å²) in [6.07, 6.45) is 0.298. The van der Waals surface area contributed by atoms with E-state index in [1.165, 1.54) is 16.7 Å². The second-order valence-corrected chi connectivity index (χ2v) is 7.79. The first-order valence-corrected chi connectivity index (χ1v) is 9.73. The monoisotopic (exact) mass is 385 g/mol. The van der Waals surface area contributed by atoms with Crippen LogP contribution in [0.3, 0.4) is 0 Å². The van der Waals surface area contributed by atoms with Crippen molar-refractivity contribution in [2.75, 3.05) is 12.9 Å². The van der Waals surface area contributed by atoms with Crippen LogP contribution in [0.5, 0.6) is 5.75 Å². The first-order valence-electron chi connectivity index (χ1n) is 7.29. The lowest BCUT2D eigenvalue weighted by Crippen LogP contribution is -2.56. The van der Waals surface area contributed by atoms with Crippen LogP contribution >= 0.6 is 11.8 Å². The van der Waals surface area contributed by atoms with Gasteiger partial charge < -0.3 is 19.7 Å². The van der Waals surface area contributed by atoms with Gasteiger partial charge in [0.25, 0.3) is 5.88 Å². The van der Waals surface area contributed by atoms with Crippen molar-refractivity contribution in [3.05, 3.63) is 35.2 Å². The number of hydrogen-bond acceptors (Lipinski definition) is 7. The molecule has 1 saturated heterocycles. The SMILES string of the molecule is CS(=O)c1ccc(OC2=C(OC(=O)O)N3C(=O)[C@H](CCO)[C@H]3S2)cc1. The molecule has 3 atom stereocenters. The predicted octanol–water partition coefficient (Wildman–Crippen LogP) is 1.54. The fraction of sp³-hybridized carbons (Fsp3) is 0.333. The fourth-order valence-electron chi connectivity index (χ4n) is 2.59. The molecule has 1 fully saturated rings. The number of carbonyl (C=O) groups is 2. The average Bonchev–Trinajstić information content (AvgIpc) is 2.86. The molecule has 25 heavy (non-hydrogen) atoms. The van der Waals surface area contributed by atoms with Crippen molar-refractivity contribution >= 4 is 34.6 Å². The van der Waals surface area contributed by atoms with E-state index < -0.39 is 22.9 Å². The summed E-state index contributed by atoms with van der Waals surface area (Å²) >= 11 is 1.17. The highest BCUT2D eigenvalue weighted by Crippen LogP contribution is 2.50. The van der Waals surface area contributed by atoms with E-state index in [-0.39, 0.29) is 35.3 Å². The van der Waals surface area contributed by atoms with Crippen LogP contribution in [-0.2, 0) is 20.3 Å². The van der Waals surface area contributed by atoms with E-state index in [9.17, 15) is 13.8 Å². The van der Waals surface area contributed by atoms with E-state index in [1.807, 2.05) is 0 Å². The molecule has 0 radical (unpaired) electrons. The van der Waals surface area contributed by atoms with Crippen LogP contribution in [0.2, 0.25) is 0 Å². The summed E-state index contributed by atoms with van der Waals surface area (Å²) in [5, 5.41) is 17.8. The number of hydrogen-bond donors (Lipinski definition) is 2. The second kappa shape index (κ2) is 7.06. The Balaban J connectivity index is 1.82. The van der Waals surface area contributed by atoms with Crippen LogP contribution in [0.25, 0.3) is 0 Å². The molecule has 1 aromatic rings. The summed E-state index contributed by atoms with van der Waals surface area (Å²) in [6.45, 7) is -0.137. The molecule has 2 heterocycles. The summed E-state index contributed by atoms with van der Waals surface area (Å²) in [5.41, 5.74) is 0. The Hall–Kier alpha value is -2.04. The molecule has 1 amide bonds. The predicted molar refractivity (Wildman–Crippen MR) is 89.0 cm³/mol. The first kappa shape index (κ1) is 17.8. The third kappa shape index (κ3) is 3.37. The van der Waals surface area contributed by atoms with Gasteiger partial charge in [0.1, 0.15) is 11.1 Å². The van der Waals surface area contributed by atoms with Crippen LogP contribution in [0.15, 0.2) is 40.1 Å². The minimum atomic E-state index is -1.55. The Bertz CT molecular complexity index is 762. The Labute approximate surface area is 149 Å². The number of β-lactam (4-membered cyclic amide) rings is 1. The molecule has 8 nitrogen and oxygen atoms in total. The molecule has 2 N–H and O–H groups in total. The lowest BCUT2D eigenvalue weighted by molar-refractivity contribution is -0.150. The zero-order valence-corrected chi connectivity index (χ0v) is 14.7. The van der Waals surface area contributed by atoms with Crippen LogP contribution < -0.4 is 4.74 Å². The molecule has 2 aliphatic rings. The molecule has 0 bridgehead atoms. The van der Waals surface area contributed by atoms with Gasteiger partial charge in [0.05, 0.1) is 5.92 Å². The molecule has 0 saturated carbocycles. The topological polar surface area (TPSA) is 113 Å². The van der Waals surface area contributed by atoms with Crippen LogP contribution in [0, 0.1) is 5.92 Å². The standard InChI is InChI=1S/C15H15NO7S2/c1-25(21)9-4-2-8(3-5-9)22-14-12(23-15(19)20)16-11(18)10(6-7-17)13(16)24-14/h2-5,10,13,17H,6-7H2,1H3,(H,19,20)/t10-,13+,25?/m0/s1. The number of amides is 1. The van der Waals surface area contributed by atoms with Gasteiger partial charge in [-0.25, -0.2) is 4.79 Å². The minimum Gasteiger partial charge on any atom is -0.449 e. The maximum absolute atomic E-state index is 12.1. The van der Waals surface area contributed by atoms with Crippen molar-refractivity contribution in [2.45, 2.75) is 16.7 Å². The lowest BCUT2D eigenvalue weighted by Gasteiger charge is -2.41. The van der Waals surface area contributed by atoms with Crippen molar-refractivity contribution < 1.29 is 33.5 Å². The van der Waals surface area contributed by atoms with Crippen molar-refractivity contribution in [1.82, 2.24) is 4.90 Å². The van der Waals surface area contributed by atoms with Gasteiger partial charge in [0.15, 0.2) is 0 Å². The maximum atomic E-state index is 12.1. The number of carboxylic acid groups (broad SMARTS) is 1. The van der Waals surface area contributed by atoms with Gasteiger partial charge >= 0.3 is 6.16 Å². The highest BCUT2D eigenvalue weighted by molar-refractivity contribution is 8.03. The number of nitrogens with zero attached hydrogens (tertiary/aromatic N) is 1. The van der Waals surface area contributed by atoms with Gasteiger partial charge in [0.2, 0.25) is 11.0 Å². The molecular weight excluding hydrogens is 370 g/mol. The molecule has 1 unspecified atom stereocenters. The highest BCUT2D eigenvalue weighted by Gasteiger charge is 2.56. The molecule has 134 valence electrons. The zero-order chi connectivity index (χ0) is 18.1. The van der Waals surface area contributed by atoms with Gasteiger partial charge in [0, 0.05) is 28.6 Å². The number of aliphatic hydroxyl groups is 1. The maximum Gasteiger partial charge on any atom is 0.512 e. The van der Waals surface area contributed by atoms with E-state index in [0.29, 0.717) is 10.6 Å². The minimum absolute atomic E-state index is 0.137. The summed E-state index contributed by atoms with van der Waals surface area (Å²) in [7, 11) is -1.12. The number of thioether (sulfide) groups is 1. The van der Waals surface area contributed by atoms with E-state index in [4.69, 9.17) is 19.7 Å². The van der Waals surface area contributed by atoms with E-state index in [1.54, 1.807) is 30.5 Å². The summed E-state index contributed by atoms with van der Waals surface area (Å²) in [6, 6.07) is 6.48. The van der Waals surface area contributed by atoms with Crippen LogP contribution in [-0.4, -0.2) is 49.6 Å². The summed E-state index contributed by atoms with van der Waals surface area (Å²) < 4.78 is 21.8. The van der Waals surface area contributed by atoms with E-state index in [2.05, 4.69) is 0 Å². The smallest absolute Gasteiger partial charge is 0.449 e. The first-order chi connectivity index (χ1) is 11.9. The molecule has 2 aliphatic heterocycles. The van der Waals surface area contributed by atoms with Crippen molar-refractivity contribution in [1.29, 1.82) is 0 Å². The third-order valence-electron chi connectivity index (χ3n) is 3.76. The quantitative estimate of drug-likeness (QED) is 0.560. The van der Waals surface area contributed by atoms with E-state index in [0.717, 1.165) is 0 Å². The van der Waals surface area contributed by atoms with Gasteiger partial charge in [-0.15, -0.1) is 0 Å². The lowest BCUT2D eigenvalue weighted by atomic mass is 9.95. The van der Waals surface area contributed by atoms with E-state index >= 15 is 0 Å². The molecular formula is C15H15NO7S2. The van der Waals surface area contributed by atoms with Crippen molar-refractivity contribution in [3.63, 3.8) is 0 Å². The summed E-state index contributed by atoms with van der Waals surface area (Å²) in [5.74, 6) is -0.479. The molecule has 10 heteroatoms. The highest BCUT2D eigenvalue weighted by atomic mass is 32.2. The second-order valence-electron chi connectivity index (χ2n) is 5.32. The summed E-state index contributed by atoms with van der Waals surface area (Å²) in [4.78, 5) is 24.9. The molecule has 3 rings (SSSR count). The Morgan fingerprint density at radius 2 is 2.04 bits per heavy atom. The third-order valence-corrected chi connectivity index (χ3v) is 5.95. The van der Waals surface area contributed by atoms with Crippen molar-refractivity contribution in [3.8, 4) is 5.75 Å². The normalized spacial score (nSPS) is 23.1. The Morgan fingerprint density at radius 3 is 2.60 bits per heavy atom. The number of carbonyl (C=O) groups excluding carboxylic acids is 1. The number of benzene rings is 1. The average molecular weight is 385 g/mol. The van der Waals surface area contributed by atoms with Crippen LogP contribution in [0.1, 0.15) is 6.42 Å². The molecule has 0 spiro atoms. The Morgan fingerprint density at radius 1 is 1.36 bits per heavy atom. The van der Waals surface area contributed by atoms with Crippen LogP contribution in [0.4, 0.5) is 4.79 Å². The van der Waals surface area contributed by atoms with Gasteiger partial charge in [-0.05, 0) is 30.7 Å².